The minimum absolute atomic E-state index is 0.0754. The first-order valence-corrected chi connectivity index (χ1v) is 9.46. The summed E-state index contributed by atoms with van der Waals surface area (Å²) in [6.45, 7) is 4.31. The minimum atomic E-state index is -0.0754. The zero-order valence-electron chi connectivity index (χ0n) is 15.4. The molecule has 0 aliphatic carbocycles. The molecule has 140 valence electrons. The Morgan fingerprint density at radius 1 is 1.19 bits per heavy atom. The molecule has 0 bridgehead atoms. The lowest BCUT2D eigenvalue weighted by Crippen LogP contribution is -2.38. The lowest BCUT2D eigenvalue weighted by atomic mass is 9.84. The Bertz CT molecular complexity index is 979. The number of nitrogens with one attached hydrogen (secondary N) is 1. The van der Waals surface area contributed by atoms with E-state index in [0.29, 0.717) is 25.4 Å². The third kappa shape index (κ3) is 2.89. The molecule has 0 saturated carbocycles. The molecule has 1 saturated heterocycles. The van der Waals surface area contributed by atoms with E-state index in [-0.39, 0.29) is 11.7 Å². The van der Waals surface area contributed by atoms with Gasteiger partial charge in [0.25, 0.3) is 0 Å². The standard InChI is InChI=1S/C21H23FN4O/c1-25-12-17(14-2-3-15-11-23-24-19(15)10-14)16-4-5-20(21(22)18(16)13-25)26-6-8-27-9-7-26/h2-5,10-11,17H,6-9,12-13H2,1H3,(H,23,24). The van der Waals surface area contributed by atoms with Crippen molar-refractivity contribution >= 4 is 16.6 Å². The highest BCUT2D eigenvalue weighted by molar-refractivity contribution is 5.78. The molecule has 1 aromatic heterocycles. The second-order valence-electron chi connectivity index (χ2n) is 7.53. The van der Waals surface area contributed by atoms with Crippen molar-refractivity contribution in [3.8, 4) is 0 Å². The highest BCUT2D eigenvalue weighted by Gasteiger charge is 2.29. The number of benzene rings is 2. The number of ether oxygens (including phenoxy) is 1. The lowest BCUT2D eigenvalue weighted by molar-refractivity contribution is 0.122. The molecule has 2 aliphatic heterocycles. The normalized spacial score (nSPS) is 20.8. The third-order valence-corrected chi connectivity index (χ3v) is 5.78. The SMILES string of the molecule is CN1Cc2c(ccc(N3CCOCC3)c2F)C(c2ccc3cn[nH]c3c2)C1. The van der Waals surface area contributed by atoms with Gasteiger partial charge in [0, 0.05) is 43.0 Å². The fourth-order valence-electron chi connectivity index (χ4n) is 4.36. The number of fused-ring (bicyclic) bond motifs is 2. The van der Waals surface area contributed by atoms with Crippen LogP contribution in [0.25, 0.3) is 10.9 Å². The second kappa shape index (κ2) is 6.62. The molecule has 1 atom stereocenters. The molecule has 2 aromatic carbocycles. The molecule has 3 heterocycles. The summed E-state index contributed by atoms with van der Waals surface area (Å²) in [5.74, 6) is 0.0771. The van der Waals surface area contributed by atoms with E-state index in [1.807, 2.05) is 12.3 Å². The fourth-order valence-corrected chi connectivity index (χ4v) is 4.36. The van der Waals surface area contributed by atoms with Crippen LogP contribution in [0.1, 0.15) is 22.6 Å². The Morgan fingerprint density at radius 2 is 2.04 bits per heavy atom. The summed E-state index contributed by atoms with van der Waals surface area (Å²) in [6.07, 6.45) is 1.83. The number of aromatic amines is 1. The van der Waals surface area contributed by atoms with Crippen LogP contribution < -0.4 is 4.90 Å². The predicted octanol–water partition coefficient (Wildman–Crippen LogP) is 3.12. The summed E-state index contributed by atoms with van der Waals surface area (Å²) >= 11 is 0. The van der Waals surface area contributed by atoms with Crippen LogP contribution in [-0.2, 0) is 11.3 Å². The number of hydrogen-bond donors (Lipinski definition) is 1. The number of hydrogen-bond acceptors (Lipinski definition) is 4. The van der Waals surface area contributed by atoms with Gasteiger partial charge in [0.05, 0.1) is 30.6 Å². The number of H-pyrrole nitrogens is 1. The number of anilines is 1. The maximum absolute atomic E-state index is 15.5. The van der Waals surface area contributed by atoms with Gasteiger partial charge in [-0.2, -0.15) is 5.10 Å². The van der Waals surface area contributed by atoms with Crippen LogP contribution in [0, 0.1) is 5.82 Å². The van der Waals surface area contributed by atoms with E-state index < -0.39 is 0 Å². The van der Waals surface area contributed by atoms with E-state index in [0.717, 1.165) is 41.7 Å². The van der Waals surface area contributed by atoms with Crippen molar-refractivity contribution in [1.29, 1.82) is 0 Å². The first kappa shape index (κ1) is 16.7. The van der Waals surface area contributed by atoms with Crippen LogP contribution in [0.2, 0.25) is 0 Å². The zero-order valence-corrected chi connectivity index (χ0v) is 15.4. The first-order chi connectivity index (χ1) is 13.2. The van der Waals surface area contributed by atoms with Crippen molar-refractivity contribution in [2.24, 2.45) is 0 Å². The van der Waals surface area contributed by atoms with Gasteiger partial charge in [-0.15, -0.1) is 0 Å². The van der Waals surface area contributed by atoms with E-state index in [1.165, 1.54) is 5.56 Å². The highest BCUT2D eigenvalue weighted by Crippen LogP contribution is 2.38. The average molecular weight is 366 g/mol. The van der Waals surface area contributed by atoms with E-state index >= 15 is 4.39 Å². The van der Waals surface area contributed by atoms with E-state index in [4.69, 9.17) is 4.74 Å². The molecule has 1 N–H and O–H groups in total. The van der Waals surface area contributed by atoms with Gasteiger partial charge in [-0.1, -0.05) is 18.2 Å². The molecule has 1 unspecified atom stereocenters. The van der Waals surface area contributed by atoms with Gasteiger partial charge in [-0.05, 0) is 30.3 Å². The van der Waals surface area contributed by atoms with Gasteiger partial charge in [0.2, 0.25) is 0 Å². The van der Waals surface area contributed by atoms with Crippen LogP contribution in [-0.4, -0.2) is 55.0 Å². The molecular formula is C21H23FN4O. The molecule has 2 aliphatic rings. The quantitative estimate of drug-likeness (QED) is 0.757. The van der Waals surface area contributed by atoms with E-state index in [1.54, 1.807) is 0 Å². The predicted molar refractivity (Wildman–Crippen MR) is 104 cm³/mol. The summed E-state index contributed by atoms with van der Waals surface area (Å²) in [7, 11) is 2.06. The zero-order chi connectivity index (χ0) is 18.4. The highest BCUT2D eigenvalue weighted by atomic mass is 19.1. The molecular weight excluding hydrogens is 343 g/mol. The van der Waals surface area contributed by atoms with Crippen LogP contribution in [0.4, 0.5) is 10.1 Å². The molecule has 5 rings (SSSR count). The molecule has 3 aromatic rings. The number of nitrogens with zero attached hydrogens (tertiary/aromatic N) is 3. The number of aromatic nitrogens is 2. The fraction of sp³-hybridized carbons (Fsp3) is 0.381. The Labute approximate surface area is 157 Å². The average Bonchev–Trinajstić information content (AvgIpc) is 3.17. The Kier molecular flexibility index (Phi) is 4.10. The van der Waals surface area contributed by atoms with Crippen LogP contribution in [0.5, 0.6) is 0 Å². The summed E-state index contributed by atoms with van der Waals surface area (Å²) in [4.78, 5) is 4.30. The molecule has 1 fully saturated rings. The summed E-state index contributed by atoms with van der Waals surface area (Å²) in [6, 6.07) is 10.4. The van der Waals surface area contributed by atoms with Gasteiger partial charge >= 0.3 is 0 Å². The topological polar surface area (TPSA) is 44.4 Å². The number of likely N-dealkylation sites (N-methyl/N-ethyl adjacent to an activating group) is 1. The Balaban J connectivity index is 1.57. The van der Waals surface area contributed by atoms with E-state index in [9.17, 15) is 0 Å². The van der Waals surface area contributed by atoms with Crippen molar-refractivity contribution < 1.29 is 9.13 Å². The van der Waals surface area contributed by atoms with Gasteiger partial charge in [-0.25, -0.2) is 4.39 Å². The monoisotopic (exact) mass is 366 g/mol. The maximum Gasteiger partial charge on any atom is 0.151 e. The van der Waals surface area contributed by atoms with Gasteiger partial charge in [-0.3, -0.25) is 5.10 Å². The molecule has 0 amide bonds. The number of rotatable bonds is 2. The van der Waals surface area contributed by atoms with Crippen molar-refractivity contribution in [1.82, 2.24) is 15.1 Å². The second-order valence-corrected chi connectivity index (χ2v) is 7.53. The number of halogens is 1. The lowest BCUT2D eigenvalue weighted by Gasteiger charge is -2.35. The first-order valence-electron chi connectivity index (χ1n) is 9.46. The largest absolute Gasteiger partial charge is 0.378 e. The summed E-state index contributed by atoms with van der Waals surface area (Å²) in [5, 5.41) is 8.25. The third-order valence-electron chi connectivity index (χ3n) is 5.78. The minimum Gasteiger partial charge on any atom is -0.378 e. The summed E-state index contributed by atoms with van der Waals surface area (Å²) in [5.41, 5.74) is 4.84. The summed E-state index contributed by atoms with van der Waals surface area (Å²) < 4.78 is 20.9. The molecule has 5 nitrogen and oxygen atoms in total. The number of morpholine rings is 1. The van der Waals surface area contributed by atoms with E-state index in [2.05, 4.69) is 51.3 Å². The molecule has 27 heavy (non-hydrogen) atoms. The Hall–Kier alpha value is -2.44. The molecule has 0 radical (unpaired) electrons. The van der Waals surface area contributed by atoms with Gasteiger partial charge in [0.15, 0.2) is 5.82 Å². The van der Waals surface area contributed by atoms with Crippen molar-refractivity contribution in [2.75, 3.05) is 44.8 Å². The molecule has 6 heteroatoms. The van der Waals surface area contributed by atoms with Crippen LogP contribution >= 0.6 is 0 Å². The molecule has 0 spiro atoms. The van der Waals surface area contributed by atoms with Crippen LogP contribution in [0.3, 0.4) is 0 Å². The van der Waals surface area contributed by atoms with Crippen LogP contribution in [0.15, 0.2) is 36.5 Å². The maximum atomic E-state index is 15.5. The van der Waals surface area contributed by atoms with Crippen molar-refractivity contribution in [3.05, 3.63) is 59.0 Å². The van der Waals surface area contributed by atoms with Crippen molar-refractivity contribution in [3.63, 3.8) is 0 Å². The smallest absolute Gasteiger partial charge is 0.151 e. The van der Waals surface area contributed by atoms with Crippen molar-refractivity contribution in [2.45, 2.75) is 12.5 Å². The Morgan fingerprint density at radius 3 is 2.89 bits per heavy atom. The van der Waals surface area contributed by atoms with Gasteiger partial charge in [0.1, 0.15) is 0 Å². The van der Waals surface area contributed by atoms with Gasteiger partial charge < -0.3 is 14.5 Å².